The Morgan fingerprint density at radius 1 is 0.815 bits per heavy atom. The molecule has 1 unspecified atom stereocenters. The molecule has 0 bridgehead atoms. The van der Waals surface area contributed by atoms with E-state index in [-0.39, 0.29) is 0 Å². The Morgan fingerprint density at radius 2 is 1.33 bits per heavy atom. The first-order chi connectivity index (χ1) is 13.0. The third-order valence-electron chi connectivity index (χ3n) is 4.24. The summed E-state index contributed by atoms with van der Waals surface area (Å²) < 4.78 is 22.7. The molecule has 1 atom stereocenters. The monoisotopic (exact) mass is 400 g/mol. The molecule has 4 rings (SSSR count). The number of phosphoric ester groups is 1. The van der Waals surface area contributed by atoms with Crippen LogP contribution in [0.25, 0.3) is 0 Å². The Bertz CT molecular complexity index is 943. The molecule has 0 saturated carbocycles. The van der Waals surface area contributed by atoms with E-state index in [0.29, 0.717) is 5.75 Å². The number of benzene rings is 3. The molecule has 0 aliphatic carbocycles. The van der Waals surface area contributed by atoms with Crippen LogP contribution < -0.4 is 4.74 Å². The lowest BCUT2D eigenvalue weighted by Crippen LogP contribution is -2.30. The van der Waals surface area contributed by atoms with E-state index in [0.717, 1.165) is 20.9 Å². The lowest BCUT2D eigenvalue weighted by atomic mass is 9.90. The Morgan fingerprint density at radius 3 is 1.89 bits per heavy atom. The summed E-state index contributed by atoms with van der Waals surface area (Å²) in [6.07, 6.45) is -1.18. The molecule has 0 spiro atoms. The van der Waals surface area contributed by atoms with Crippen molar-refractivity contribution in [2.75, 3.05) is 0 Å². The molecule has 7 heteroatoms. The van der Waals surface area contributed by atoms with Crippen LogP contribution in [0.4, 0.5) is 0 Å². The molecule has 1 aliphatic rings. The molecule has 1 heterocycles. The van der Waals surface area contributed by atoms with Crippen molar-refractivity contribution in [3.8, 4) is 5.75 Å². The maximum Gasteiger partial charge on any atom is 0.472 e. The minimum Gasteiger partial charge on any atom is -0.463 e. The predicted octanol–water partition coefficient (Wildman–Crippen LogP) is 4.80. The van der Waals surface area contributed by atoms with Gasteiger partial charge in [-0.25, -0.2) is 9.09 Å². The fourth-order valence-corrected chi connectivity index (χ4v) is 4.75. The standard InChI is InChI=1S/C20H17O5PS/c21-26(22,23)25-20(24-14-8-2-1-3-9-14)19-15-10-4-6-12-17(15)27-18-13-7-5-11-16(18)19/h1-13,19-20H,(H2,21,22,23). The van der Waals surface area contributed by atoms with Gasteiger partial charge in [0.1, 0.15) is 5.75 Å². The molecule has 3 aromatic rings. The van der Waals surface area contributed by atoms with Gasteiger partial charge in [0.2, 0.25) is 6.29 Å². The van der Waals surface area contributed by atoms with E-state index in [4.69, 9.17) is 9.26 Å². The highest BCUT2D eigenvalue weighted by Gasteiger charge is 2.38. The van der Waals surface area contributed by atoms with Gasteiger partial charge in [-0.1, -0.05) is 66.4 Å². The maximum atomic E-state index is 11.7. The Labute approximate surface area is 161 Å². The fourth-order valence-electron chi connectivity index (χ4n) is 3.16. The van der Waals surface area contributed by atoms with Crippen LogP contribution >= 0.6 is 19.6 Å². The second kappa shape index (κ2) is 7.50. The maximum absolute atomic E-state index is 11.7. The van der Waals surface area contributed by atoms with Gasteiger partial charge in [-0.05, 0) is 35.4 Å². The molecular weight excluding hydrogens is 383 g/mol. The molecule has 27 heavy (non-hydrogen) atoms. The quantitative estimate of drug-likeness (QED) is 0.473. The number of fused-ring (bicyclic) bond motifs is 2. The van der Waals surface area contributed by atoms with Crippen LogP contribution in [0.5, 0.6) is 5.75 Å². The minimum atomic E-state index is -4.78. The Kier molecular flexibility index (Phi) is 5.08. The molecule has 0 fully saturated rings. The van der Waals surface area contributed by atoms with Gasteiger partial charge in [-0.15, -0.1) is 0 Å². The number of ether oxygens (including phenoxy) is 1. The number of rotatable bonds is 5. The van der Waals surface area contributed by atoms with E-state index < -0.39 is 20.0 Å². The fraction of sp³-hybridized carbons (Fsp3) is 0.100. The van der Waals surface area contributed by atoms with E-state index >= 15 is 0 Å². The summed E-state index contributed by atoms with van der Waals surface area (Å²) in [5.74, 6) is -0.00406. The first kappa shape index (κ1) is 18.3. The zero-order valence-electron chi connectivity index (χ0n) is 14.1. The number of hydrogen-bond donors (Lipinski definition) is 2. The topological polar surface area (TPSA) is 76.0 Å². The van der Waals surface area contributed by atoms with Crippen molar-refractivity contribution < 1.29 is 23.6 Å². The van der Waals surface area contributed by atoms with Gasteiger partial charge in [0.15, 0.2) is 0 Å². The van der Waals surface area contributed by atoms with Gasteiger partial charge in [-0.3, -0.25) is 0 Å². The van der Waals surface area contributed by atoms with E-state index in [9.17, 15) is 14.4 Å². The molecule has 3 aromatic carbocycles. The molecule has 0 aromatic heterocycles. The predicted molar refractivity (Wildman–Crippen MR) is 103 cm³/mol. The summed E-state index contributed by atoms with van der Waals surface area (Å²) in [7, 11) is -4.78. The highest BCUT2D eigenvalue weighted by molar-refractivity contribution is 7.99. The average Bonchev–Trinajstić information content (AvgIpc) is 2.65. The second-order valence-corrected chi connectivity index (χ2v) is 8.33. The third-order valence-corrected chi connectivity index (χ3v) is 5.90. The molecule has 0 amide bonds. The van der Waals surface area contributed by atoms with Gasteiger partial charge in [0.05, 0.1) is 5.92 Å². The van der Waals surface area contributed by atoms with E-state index in [1.807, 2.05) is 54.6 Å². The van der Waals surface area contributed by atoms with Crippen molar-refractivity contribution in [3.05, 3.63) is 90.0 Å². The van der Waals surface area contributed by atoms with Crippen LogP contribution in [-0.2, 0) is 9.09 Å². The summed E-state index contributed by atoms with van der Waals surface area (Å²) in [5, 5.41) is 0. The summed E-state index contributed by atoms with van der Waals surface area (Å²) in [4.78, 5) is 21.0. The Hall–Kier alpha value is -2.08. The molecule has 0 radical (unpaired) electrons. The largest absolute Gasteiger partial charge is 0.472 e. The smallest absolute Gasteiger partial charge is 0.463 e. The van der Waals surface area contributed by atoms with Crippen LogP contribution in [0.3, 0.4) is 0 Å². The van der Waals surface area contributed by atoms with E-state index in [2.05, 4.69) is 0 Å². The molecule has 0 saturated heterocycles. The van der Waals surface area contributed by atoms with Crippen molar-refractivity contribution in [2.24, 2.45) is 0 Å². The SMILES string of the molecule is O=P(O)(O)OC(Oc1ccccc1)C1c2ccccc2Sc2ccccc21. The van der Waals surface area contributed by atoms with Gasteiger partial charge >= 0.3 is 7.82 Å². The third kappa shape index (κ3) is 4.10. The molecular formula is C20H17O5PS. The lowest BCUT2D eigenvalue weighted by Gasteiger charge is -2.33. The molecule has 1 aliphatic heterocycles. The summed E-state index contributed by atoms with van der Waals surface area (Å²) >= 11 is 1.62. The summed E-state index contributed by atoms with van der Waals surface area (Å²) in [6.45, 7) is 0. The number of hydrogen-bond acceptors (Lipinski definition) is 4. The zero-order valence-corrected chi connectivity index (χ0v) is 15.8. The normalized spacial score (nSPS) is 14.9. The molecule has 138 valence electrons. The zero-order chi connectivity index (χ0) is 18.9. The molecule has 5 nitrogen and oxygen atoms in total. The van der Waals surface area contributed by atoms with Gasteiger partial charge in [0, 0.05) is 9.79 Å². The first-order valence-corrected chi connectivity index (χ1v) is 10.7. The highest BCUT2D eigenvalue weighted by atomic mass is 32.2. The van der Waals surface area contributed by atoms with E-state index in [1.165, 1.54) is 0 Å². The van der Waals surface area contributed by atoms with Crippen LogP contribution in [0.2, 0.25) is 0 Å². The summed E-state index contributed by atoms with van der Waals surface area (Å²) in [6, 6.07) is 24.4. The molecule has 2 N–H and O–H groups in total. The van der Waals surface area contributed by atoms with Crippen LogP contribution in [-0.4, -0.2) is 16.1 Å². The summed E-state index contributed by atoms with van der Waals surface area (Å²) in [5.41, 5.74) is 1.83. The van der Waals surface area contributed by atoms with Crippen molar-refractivity contribution >= 4 is 19.6 Å². The van der Waals surface area contributed by atoms with Crippen molar-refractivity contribution in [2.45, 2.75) is 22.0 Å². The lowest BCUT2D eigenvalue weighted by molar-refractivity contribution is -0.0279. The Balaban J connectivity index is 1.82. The van der Waals surface area contributed by atoms with Crippen LogP contribution in [0.15, 0.2) is 88.7 Å². The van der Waals surface area contributed by atoms with Gasteiger partial charge in [0.25, 0.3) is 0 Å². The van der Waals surface area contributed by atoms with E-state index in [1.54, 1.807) is 36.0 Å². The second-order valence-electron chi connectivity index (χ2n) is 6.05. The highest BCUT2D eigenvalue weighted by Crippen LogP contribution is 2.50. The number of para-hydroxylation sites is 1. The minimum absolute atomic E-state index is 0.476. The number of phosphoric acid groups is 1. The van der Waals surface area contributed by atoms with Crippen molar-refractivity contribution in [3.63, 3.8) is 0 Å². The average molecular weight is 400 g/mol. The van der Waals surface area contributed by atoms with Crippen LogP contribution in [0, 0.1) is 0 Å². The van der Waals surface area contributed by atoms with Crippen LogP contribution in [0.1, 0.15) is 17.0 Å². The first-order valence-electron chi connectivity index (χ1n) is 8.32. The van der Waals surface area contributed by atoms with Gasteiger partial charge in [-0.2, -0.15) is 0 Å². The van der Waals surface area contributed by atoms with Crippen molar-refractivity contribution in [1.82, 2.24) is 0 Å². The van der Waals surface area contributed by atoms with Gasteiger partial charge < -0.3 is 14.5 Å². The van der Waals surface area contributed by atoms with Crippen molar-refractivity contribution in [1.29, 1.82) is 0 Å².